The number of carbonyl (C=O) groups excluding carboxylic acids is 1. The number of sulfonamides is 1. The van der Waals surface area contributed by atoms with Crippen LogP contribution in [0.25, 0.3) is 0 Å². The summed E-state index contributed by atoms with van der Waals surface area (Å²) in [5.74, 6) is 0.304. The lowest BCUT2D eigenvalue weighted by Crippen LogP contribution is -2.33. The third kappa shape index (κ3) is 5.27. The Kier molecular flexibility index (Phi) is 6.11. The number of amides is 1. The second kappa shape index (κ2) is 8.09. The van der Waals surface area contributed by atoms with Crippen LogP contribution in [0.4, 0.5) is 0 Å². The maximum atomic E-state index is 12.4. The summed E-state index contributed by atoms with van der Waals surface area (Å²) in [5.41, 5.74) is 0.313. The Morgan fingerprint density at radius 3 is 2.68 bits per heavy atom. The van der Waals surface area contributed by atoms with E-state index in [1.165, 1.54) is 17.0 Å². The topological polar surface area (TPSA) is 88.6 Å². The molecule has 8 heteroatoms. The van der Waals surface area contributed by atoms with E-state index in [2.05, 4.69) is 9.71 Å². The van der Waals surface area contributed by atoms with Gasteiger partial charge in [-0.3, -0.25) is 9.78 Å². The zero-order valence-electron chi connectivity index (χ0n) is 14.3. The van der Waals surface area contributed by atoms with Gasteiger partial charge in [-0.05, 0) is 37.3 Å². The normalized spacial score (nSPS) is 12.4. The van der Waals surface area contributed by atoms with Crippen molar-refractivity contribution in [2.24, 2.45) is 0 Å². The highest BCUT2D eigenvalue weighted by atomic mass is 32.2. The molecular weight excluding hydrogens is 342 g/mol. The lowest BCUT2D eigenvalue weighted by Gasteiger charge is -2.16. The minimum Gasteiger partial charge on any atom is -0.488 e. The minimum absolute atomic E-state index is 0.0359. The van der Waals surface area contributed by atoms with E-state index in [0.29, 0.717) is 11.3 Å². The Morgan fingerprint density at radius 2 is 2.04 bits per heavy atom. The van der Waals surface area contributed by atoms with E-state index < -0.39 is 10.0 Å². The number of rotatable bonds is 7. The number of hydrogen-bond acceptors (Lipinski definition) is 5. The standard InChI is InChI=1S/C17H21N3O4S/c1-13(24-15-7-5-9-18-12-15)11-19-25(22,23)16-8-4-6-14(10-16)17(21)20(2)3/h4-10,12-13,19H,11H2,1-3H3/t13-/m1/s1. The van der Waals surface area contributed by atoms with Gasteiger partial charge in [0.2, 0.25) is 10.0 Å². The van der Waals surface area contributed by atoms with Gasteiger partial charge in [-0.25, -0.2) is 13.1 Å². The summed E-state index contributed by atoms with van der Waals surface area (Å²) >= 11 is 0. The fourth-order valence-electron chi connectivity index (χ4n) is 2.06. The molecule has 0 aliphatic rings. The van der Waals surface area contributed by atoms with Crippen molar-refractivity contribution in [1.82, 2.24) is 14.6 Å². The van der Waals surface area contributed by atoms with Crippen molar-refractivity contribution in [3.8, 4) is 5.75 Å². The molecule has 1 amide bonds. The van der Waals surface area contributed by atoms with E-state index in [1.807, 2.05) is 0 Å². The fraction of sp³-hybridized carbons (Fsp3) is 0.294. The first kappa shape index (κ1) is 18.9. The Balaban J connectivity index is 2.04. The van der Waals surface area contributed by atoms with Crippen LogP contribution >= 0.6 is 0 Å². The molecule has 0 saturated heterocycles. The van der Waals surface area contributed by atoms with Crippen molar-refractivity contribution >= 4 is 15.9 Å². The molecule has 0 unspecified atom stereocenters. The number of hydrogen-bond donors (Lipinski definition) is 1. The summed E-state index contributed by atoms with van der Waals surface area (Å²) in [5, 5.41) is 0. The second-order valence-electron chi connectivity index (χ2n) is 5.70. The molecule has 1 aromatic carbocycles. The molecular formula is C17H21N3O4S. The van der Waals surface area contributed by atoms with Gasteiger partial charge in [0.1, 0.15) is 11.9 Å². The second-order valence-corrected chi connectivity index (χ2v) is 7.46. The van der Waals surface area contributed by atoms with Gasteiger partial charge in [0.05, 0.1) is 11.1 Å². The van der Waals surface area contributed by atoms with E-state index in [-0.39, 0.29) is 23.5 Å². The molecule has 0 bridgehead atoms. The number of ether oxygens (including phenoxy) is 1. The van der Waals surface area contributed by atoms with Gasteiger partial charge in [-0.2, -0.15) is 0 Å². The summed E-state index contributed by atoms with van der Waals surface area (Å²) in [6, 6.07) is 9.41. The molecule has 0 aliphatic heterocycles. The summed E-state index contributed by atoms with van der Waals surface area (Å²) in [4.78, 5) is 17.3. The van der Waals surface area contributed by atoms with Crippen LogP contribution in [0.3, 0.4) is 0 Å². The molecule has 0 fully saturated rings. The van der Waals surface area contributed by atoms with Crippen molar-refractivity contribution in [3.05, 3.63) is 54.4 Å². The van der Waals surface area contributed by atoms with E-state index in [9.17, 15) is 13.2 Å². The Labute approximate surface area is 147 Å². The third-order valence-electron chi connectivity index (χ3n) is 3.33. The van der Waals surface area contributed by atoms with Gasteiger partial charge in [0, 0.05) is 32.4 Å². The number of nitrogens with zero attached hydrogens (tertiary/aromatic N) is 2. The smallest absolute Gasteiger partial charge is 0.253 e. The van der Waals surface area contributed by atoms with Crippen LogP contribution in [-0.2, 0) is 10.0 Å². The first-order valence-corrected chi connectivity index (χ1v) is 9.16. The van der Waals surface area contributed by atoms with Crippen LogP contribution < -0.4 is 9.46 Å². The highest BCUT2D eigenvalue weighted by Crippen LogP contribution is 2.13. The molecule has 0 aliphatic carbocycles. The van der Waals surface area contributed by atoms with E-state index in [1.54, 1.807) is 57.7 Å². The number of aromatic nitrogens is 1. The minimum atomic E-state index is -3.75. The zero-order chi connectivity index (χ0) is 18.4. The SMILES string of the molecule is C[C@H](CNS(=O)(=O)c1cccc(C(=O)N(C)C)c1)Oc1cccnc1. The van der Waals surface area contributed by atoms with Gasteiger partial charge in [0.15, 0.2) is 0 Å². The Morgan fingerprint density at radius 1 is 1.28 bits per heavy atom. The van der Waals surface area contributed by atoms with Gasteiger partial charge < -0.3 is 9.64 Å². The van der Waals surface area contributed by atoms with E-state index in [4.69, 9.17) is 4.74 Å². The molecule has 0 spiro atoms. The molecule has 0 saturated carbocycles. The summed E-state index contributed by atoms with van der Waals surface area (Å²) in [7, 11) is -0.525. The third-order valence-corrected chi connectivity index (χ3v) is 4.75. The van der Waals surface area contributed by atoms with Crippen LogP contribution in [0.1, 0.15) is 17.3 Å². The Bertz CT molecular complexity index is 823. The average molecular weight is 363 g/mol. The van der Waals surface area contributed by atoms with Crippen LogP contribution in [0.5, 0.6) is 5.75 Å². The number of carbonyl (C=O) groups is 1. The molecule has 1 atom stereocenters. The summed E-state index contributed by atoms with van der Waals surface area (Å²) in [6.07, 6.45) is 2.80. The Hall–Kier alpha value is -2.45. The molecule has 25 heavy (non-hydrogen) atoms. The molecule has 7 nitrogen and oxygen atoms in total. The summed E-state index contributed by atoms with van der Waals surface area (Å²) in [6.45, 7) is 1.84. The number of pyridine rings is 1. The lowest BCUT2D eigenvalue weighted by molar-refractivity contribution is 0.0827. The molecule has 1 heterocycles. The molecule has 134 valence electrons. The quantitative estimate of drug-likeness (QED) is 0.806. The average Bonchev–Trinajstić information content (AvgIpc) is 2.60. The van der Waals surface area contributed by atoms with Crippen LogP contribution in [-0.4, -0.2) is 51.0 Å². The lowest BCUT2D eigenvalue weighted by atomic mass is 10.2. The molecule has 1 N–H and O–H groups in total. The van der Waals surface area contributed by atoms with Gasteiger partial charge in [-0.1, -0.05) is 6.07 Å². The number of benzene rings is 1. The van der Waals surface area contributed by atoms with Crippen molar-refractivity contribution in [2.75, 3.05) is 20.6 Å². The molecule has 2 aromatic rings. The highest BCUT2D eigenvalue weighted by Gasteiger charge is 2.18. The number of nitrogens with one attached hydrogen (secondary N) is 1. The monoisotopic (exact) mass is 363 g/mol. The fourth-order valence-corrected chi connectivity index (χ4v) is 3.22. The predicted molar refractivity (Wildman–Crippen MR) is 94.0 cm³/mol. The van der Waals surface area contributed by atoms with Gasteiger partial charge in [0.25, 0.3) is 5.91 Å². The van der Waals surface area contributed by atoms with Crippen LogP contribution in [0.15, 0.2) is 53.7 Å². The van der Waals surface area contributed by atoms with E-state index >= 15 is 0 Å². The van der Waals surface area contributed by atoms with Crippen LogP contribution in [0, 0.1) is 0 Å². The predicted octanol–water partition coefficient (Wildman–Crippen LogP) is 1.53. The largest absolute Gasteiger partial charge is 0.488 e. The van der Waals surface area contributed by atoms with Gasteiger partial charge >= 0.3 is 0 Å². The maximum Gasteiger partial charge on any atom is 0.253 e. The van der Waals surface area contributed by atoms with E-state index in [0.717, 1.165) is 0 Å². The van der Waals surface area contributed by atoms with Crippen molar-refractivity contribution < 1.29 is 17.9 Å². The molecule has 0 radical (unpaired) electrons. The maximum absolute atomic E-state index is 12.4. The van der Waals surface area contributed by atoms with Crippen molar-refractivity contribution in [2.45, 2.75) is 17.9 Å². The van der Waals surface area contributed by atoms with Crippen LogP contribution in [0.2, 0.25) is 0 Å². The first-order valence-electron chi connectivity index (χ1n) is 7.67. The van der Waals surface area contributed by atoms with Crippen molar-refractivity contribution in [3.63, 3.8) is 0 Å². The zero-order valence-corrected chi connectivity index (χ0v) is 15.2. The van der Waals surface area contributed by atoms with Crippen molar-refractivity contribution in [1.29, 1.82) is 0 Å². The first-order chi connectivity index (χ1) is 11.8. The molecule has 2 rings (SSSR count). The highest BCUT2D eigenvalue weighted by molar-refractivity contribution is 7.89. The molecule has 1 aromatic heterocycles. The van der Waals surface area contributed by atoms with Gasteiger partial charge in [-0.15, -0.1) is 0 Å². The summed E-state index contributed by atoms with van der Waals surface area (Å²) < 4.78 is 32.9.